The van der Waals surface area contributed by atoms with Gasteiger partial charge in [0.15, 0.2) is 0 Å². The van der Waals surface area contributed by atoms with Crippen molar-refractivity contribution in [2.24, 2.45) is 0 Å². The van der Waals surface area contributed by atoms with Gasteiger partial charge in [0.1, 0.15) is 0 Å². The Labute approximate surface area is 96.1 Å². The summed E-state index contributed by atoms with van der Waals surface area (Å²) in [4.78, 5) is 0.183. The number of rotatable bonds is 4. The van der Waals surface area contributed by atoms with E-state index in [1.165, 1.54) is 22.5 Å². The molecule has 4 N–H and O–H groups in total. The van der Waals surface area contributed by atoms with E-state index in [0.717, 1.165) is 0 Å². The van der Waals surface area contributed by atoms with Crippen LogP contribution in [0.4, 0.5) is 11.4 Å². The molecule has 1 aromatic carbocycles. The first-order valence-electron chi connectivity index (χ1n) is 5.08. The fourth-order valence-electron chi connectivity index (χ4n) is 1.43. The van der Waals surface area contributed by atoms with Gasteiger partial charge in [0.2, 0.25) is 10.0 Å². The average Bonchev–Trinajstić information content (AvgIpc) is 2.23. The van der Waals surface area contributed by atoms with Crippen molar-refractivity contribution in [2.75, 3.05) is 24.6 Å². The van der Waals surface area contributed by atoms with Crippen LogP contribution in [0.15, 0.2) is 23.1 Å². The number of benzene rings is 1. The lowest BCUT2D eigenvalue weighted by molar-refractivity contribution is 0.445. The van der Waals surface area contributed by atoms with Crippen molar-refractivity contribution in [1.29, 1.82) is 0 Å². The van der Waals surface area contributed by atoms with E-state index in [1.807, 2.05) is 0 Å². The predicted molar refractivity (Wildman–Crippen MR) is 65.4 cm³/mol. The Balaban J connectivity index is 3.22. The van der Waals surface area contributed by atoms with Crippen molar-refractivity contribution >= 4 is 21.4 Å². The minimum atomic E-state index is -3.44. The molecule has 0 unspecified atom stereocenters. The summed E-state index contributed by atoms with van der Waals surface area (Å²) in [5.41, 5.74) is 11.8. The molecule has 1 aromatic rings. The second-order valence-electron chi connectivity index (χ2n) is 3.38. The number of hydrogen-bond acceptors (Lipinski definition) is 4. The second kappa shape index (κ2) is 4.71. The van der Waals surface area contributed by atoms with E-state index in [1.54, 1.807) is 13.8 Å². The number of nitrogen functional groups attached to an aromatic ring is 2. The molecule has 5 nitrogen and oxygen atoms in total. The summed E-state index contributed by atoms with van der Waals surface area (Å²) in [7, 11) is -3.44. The lowest BCUT2D eigenvalue weighted by atomic mass is 10.3. The van der Waals surface area contributed by atoms with E-state index in [2.05, 4.69) is 0 Å². The van der Waals surface area contributed by atoms with Gasteiger partial charge in [0, 0.05) is 13.1 Å². The normalized spacial score (nSPS) is 11.9. The molecule has 1 rings (SSSR count). The molecule has 0 heterocycles. The van der Waals surface area contributed by atoms with Crippen LogP contribution in [0.1, 0.15) is 13.8 Å². The van der Waals surface area contributed by atoms with Crippen LogP contribution in [-0.2, 0) is 10.0 Å². The van der Waals surface area contributed by atoms with Crippen LogP contribution in [0.3, 0.4) is 0 Å². The topological polar surface area (TPSA) is 89.4 Å². The van der Waals surface area contributed by atoms with Crippen molar-refractivity contribution in [2.45, 2.75) is 18.7 Å². The Morgan fingerprint density at radius 2 is 1.69 bits per heavy atom. The van der Waals surface area contributed by atoms with Crippen LogP contribution in [-0.4, -0.2) is 25.8 Å². The van der Waals surface area contributed by atoms with Gasteiger partial charge in [0.25, 0.3) is 0 Å². The Morgan fingerprint density at radius 3 is 2.12 bits per heavy atom. The molecule has 0 saturated carbocycles. The molecule has 6 heteroatoms. The molecule has 0 fully saturated rings. The minimum absolute atomic E-state index is 0.183. The molecule has 0 aliphatic heterocycles. The zero-order valence-corrected chi connectivity index (χ0v) is 10.3. The maximum absolute atomic E-state index is 12.1. The van der Waals surface area contributed by atoms with E-state index >= 15 is 0 Å². The van der Waals surface area contributed by atoms with Gasteiger partial charge in [-0.2, -0.15) is 4.31 Å². The van der Waals surface area contributed by atoms with E-state index in [9.17, 15) is 8.42 Å². The summed E-state index contributed by atoms with van der Waals surface area (Å²) in [5, 5.41) is 0. The molecule has 0 aromatic heterocycles. The largest absolute Gasteiger partial charge is 0.397 e. The maximum atomic E-state index is 12.1. The molecule has 0 bridgehead atoms. The fraction of sp³-hybridized carbons (Fsp3) is 0.400. The van der Waals surface area contributed by atoms with Gasteiger partial charge in [-0.25, -0.2) is 8.42 Å². The van der Waals surface area contributed by atoms with Gasteiger partial charge in [-0.3, -0.25) is 0 Å². The van der Waals surface area contributed by atoms with Gasteiger partial charge < -0.3 is 11.5 Å². The summed E-state index contributed by atoms with van der Waals surface area (Å²) in [5.74, 6) is 0. The summed E-state index contributed by atoms with van der Waals surface area (Å²) in [6.07, 6.45) is 0. The first-order valence-corrected chi connectivity index (χ1v) is 6.52. The van der Waals surface area contributed by atoms with Crippen molar-refractivity contribution in [3.05, 3.63) is 18.2 Å². The third kappa shape index (κ3) is 2.28. The Morgan fingerprint density at radius 1 is 1.12 bits per heavy atom. The lowest BCUT2D eigenvalue weighted by Crippen LogP contribution is -2.30. The van der Waals surface area contributed by atoms with Gasteiger partial charge in [0.05, 0.1) is 16.3 Å². The van der Waals surface area contributed by atoms with Crippen molar-refractivity contribution in [3.63, 3.8) is 0 Å². The smallest absolute Gasteiger partial charge is 0.243 e. The van der Waals surface area contributed by atoms with Crippen molar-refractivity contribution in [1.82, 2.24) is 4.31 Å². The number of sulfonamides is 1. The molecular weight excluding hydrogens is 226 g/mol. The second-order valence-corrected chi connectivity index (χ2v) is 5.32. The molecule has 0 spiro atoms. The summed E-state index contributed by atoms with van der Waals surface area (Å²) in [6, 6.07) is 4.37. The molecule has 16 heavy (non-hydrogen) atoms. The van der Waals surface area contributed by atoms with Crippen LogP contribution in [0.25, 0.3) is 0 Å². The first-order chi connectivity index (χ1) is 7.43. The van der Waals surface area contributed by atoms with Crippen LogP contribution in [0.5, 0.6) is 0 Å². The molecule has 0 aliphatic carbocycles. The van der Waals surface area contributed by atoms with Gasteiger partial charge in [-0.15, -0.1) is 0 Å². The molecule has 0 radical (unpaired) electrons. The highest BCUT2D eigenvalue weighted by Gasteiger charge is 2.21. The van der Waals surface area contributed by atoms with E-state index < -0.39 is 10.0 Å². The third-order valence-corrected chi connectivity index (χ3v) is 4.45. The zero-order chi connectivity index (χ0) is 12.3. The lowest BCUT2D eigenvalue weighted by Gasteiger charge is -2.18. The first kappa shape index (κ1) is 12.8. The summed E-state index contributed by atoms with van der Waals surface area (Å²) >= 11 is 0. The quantitative estimate of drug-likeness (QED) is 0.768. The van der Waals surface area contributed by atoms with Gasteiger partial charge in [-0.05, 0) is 18.2 Å². The molecule has 90 valence electrons. The third-order valence-electron chi connectivity index (χ3n) is 2.40. The SMILES string of the molecule is CCN(CC)S(=O)(=O)c1ccc(N)c(N)c1. The highest BCUT2D eigenvalue weighted by Crippen LogP contribution is 2.22. The van der Waals surface area contributed by atoms with E-state index in [-0.39, 0.29) is 10.6 Å². The van der Waals surface area contributed by atoms with Crippen LogP contribution in [0.2, 0.25) is 0 Å². The zero-order valence-electron chi connectivity index (χ0n) is 9.47. The molecule has 0 amide bonds. The molecule has 0 aliphatic rings. The van der Waals surface area contributed by atoms with Gasteiger partial charge in [-0.1, -0.05) is 13.8 Å². The molecule has 0 atom stereocenters. The maximum Gasteiger partial charge on any atom is 0.243 e. The Kier molecular flexibility index (Phi) is 3.77. The highest BCUT2D eigenvalue weighted by molar-refractivity contribution is 7.89. The van der Waals surface area contributed by atoms with Crippen molar-refractivity contribution < 1.29 is 8.42 Å². The van der Waals surface area contributed by atoms with Crippen LogP contribution < -0.4 is 11.5 Å². The van der Waals surface area contributed by atoms with Gasteiger partial charge >= 0.3 is 0 Å². The average molecular weight is 243 g/mol. The predicted octanol–water partition coefficient (Wildman–Crippen LogP) is 0.882. The number of nitrogens with zero attached hydrogens (tertiary/aromatic N) is 1. The number of hydrogen-bond donors (Lipinski definition) is 2. The van der Waals surface area contributed by atoms with Crippen LogP contribution >= 0.6 is 0 Å². The fourth-order valence-corrected chi connectivity index (χ4v) is 2.92. The van der Waals surface area contributed by atoms with E-state index in [4.69, 9.17) is 11.5 Å². The Hall–Kier alpha value is -1.27. The minimum Gasteiger partial charge on any atom is -0.397 e. The Bertz CT molecular complexity index is 467. The van der Waals surface area contributed by atoms with Crippen LogP contribution in [0, 0.1) is 0 Å². The molecular formula is C10H17N3O2S. The standard InChI is InChI=1S/C10H17N3O2S/c1-3-13(4-2)16(14,15)8-5-6-9(11)10(12)7-8/h5-7H,3-4,11-12H2,1-2H3. The van der Waals surface area contributed by atoms with E-state index in [0.29, 0.717) is 18.8 Å². The highest BCUT2D eigenvalue weighted by atomic mass is 32.2. The monoisotopic (exact) mass is 243 g/mol. The van der Waals surface area contributed by atoms with Crippen molar-refractivity contribution in [3.8, 4) is 0 Å². The number of nitrogens with two attached hydrogens (primary N) is 2. The summed E-state index contributed by atoms with van der Waals surface area (Å²) < 4.78 is 25.5. The number of anilines is 2. The summed E-state index contributed by atoms with van der Waals surface area (Å²) in [6.45, 7) is 4.45. The molecule has 0 saturated heterocycles.